The van der Waals surface area contributed by atoms with Gasteiger partial charge >= 0.3 is 4.87 Å². The smallest absolute Gasteiger partial charge is 0.305 e. The summed E-state index contributed by atoms with van der Waals surface area (Å²) in [4.78, 5) is 45.1. The van der Waals surface area contributed by atoms with Gasteiger partial charge < -0.3 is 9.72 Å². The Labute approximate surface area is 204 Å². The normalized spacial score (nSPS) is 33.1. The molecule has 3 heterocycles. The van der Waals surface area contributed by atoms with Gasteiger partial charge in [-0.2, -0.15) is 0 Å². The third-order valence-corrected chi connectivity index (χ3v) is 10.8. The number of carbonyl (C=O) groups is 2. The number of anilines is 1. The molecule has 2 amide bonds. The first kappa shape index (κ1) is 20.5. The summed E-state index contributed by atoms with van der Waals surface area (Å²) in [5, 5.41) is 1.13. The summed E-state index contributed by atoms with van der Waals surface area (Å²) >= 11 is 2.99. The van der Waals surface area contributed by atoms with Gasteiger partial charge in [0.25, 0.3) is 0 Å². The van der Waals surface area contributed by atoms with E-state index >= 15 is 0 Å². The van der Waals surface area contributed by atoms with E-state index in [1.807, 2.05) is 42.5 Å². The van der Waals surface area contributed by atoms with E-state index in [4.69, 9.17) is 4.74 Å². The van der Waals surface area contributed by atoms with Crippen molar-refractivity contribution in [3.8, 4) is 5.75 Å². The Balaban J connectivity index is 1.33. The number of para-hydroxylation sites is 1. The Bertz CT molecular complexity index is 1370. The molecule has 1 saturated heterocycles. The number of nitrogens with one attached hydrogen (secondary N) is 1. The summed E-state index contributed by atoms with van der Waals surface area (Å²) in [7, 11) is 1.65. The number of ether oxygens (including phenoxy) is 1. The second kappa shape index (κ2) is 7.33. The SMILES string of the molecule is COc1ccc([C@H]2c3sc(=O)[nH]c3S[C@@H]3[C@@H]4C[C@@H]([C@@H]5C(=O)N(c6ccccc6)C(=O)[C@@H]45)[C@H]23)cc1. The average Bonchev–Trinajstić information content (AvgIpc) is 3.58. The molecule has 2 aliphatic heterocycles. The van der Waals surface area contributed by atoms with E-state index in [0.717, 1.165) is 27.6 Å². The van der Waals surface area contributed by atoms with Gasteiger partial charge in [0.1, 0.15) is 5.75 Å². The van der Waals surface area contributed by atoms with E-state index < -0.39 is 0 Å². The second-order valence-corrected chi connectivity index (χ2v) is 11.8. The molecule has 2 saturated carbocycles. The van der Waals surface area contributed by atoms with Crippen LogP contribution in [0.5, 0.6) is 5.75 Å². The molecule has 4 aliphatic rings. The number of hydrogen-bond donors (Lipinski definition) is 1. The maximum absolute atomic E-state index is 13.7. The maximum atomic E-state index is 13.7. The van der Waals surface area contributed by atoms with E-state index in [-0.39, 0.29) is 57.4 Å². The number of imide groups is 1. The first-order chi connectivity index (χ1) is 16.6. The van der Waals surface area contributed by atoms with Crippen LogP contribution in [0.15, 0.2) is 64.4 Å². The van der Waals surface area contributed by atoms with Crippen LogP contribution in [0.3, 0.4) is 0 Å². The number of aromatic amines is 1. The van der Waals surface area contributed by atoms with Crippen LogP contribution >= 0.6 is 23.1 Å². The lowest BCUT2D eigenvalue weighted by Gasteiger charge is -2.43. The van der Waals surface area contributed by atoms with Crippen LogP contribution in [0.25, 0.3) is 0 Å². The van der Waals surface area contributed by atoms with Crippen LogP contribution in [0.1, 0.15) is 22.8 Å². The number of amides is 2. The lowest BCUT2D eigenvalue weighted by Crippen LogP contribution is -2.42. The molecule has 1 N–H and O–H groups in total. The predicted octanol–water partition coefficient (Wildman–Crippen LogP) is 4.12. The van der Waals surface area contributed by atoms with E-state index in [9.17, 15) is 14.4 Å². The number of hydrogen-bond acceptors (Lipinski definition) is 6. The molecule has 0 unspecified atom stereocenters. The van der Waals surface area contributed by atoms with Gasteiger partial charge in [0.2, 0.25) is 11.8 Å². The lowest BCUT2D eigenvalue weighted by atomic mass is 9.68. The van der Waals surface area contributed by atoms with Crippen molar-refractivity contribution in [3.05, 3.63) is 74.7 Å². The van der Waals surface area contributed by atoms with Crippen molar-refractivity contribution < 1.29 is 14.3 Å². The Hall–Kier alpha value is -2.84. The van der Waals surface area contributed by atoms with Crippen LogP contribution < -0.4 is 14.5 Å². The van der Waals surface area contributed by atoms with E-state index in [0.29, 0.717) is 5.69 Å². The number of thiazole rings is 1. The molecule has 3 aromatic rings. The Kier molecular flexibility index (Phi) is 4.42. The highest BCUT2D eigenvalue weighted by Crippen LogP contribution is 2.68. The Morgan fingerprint density at radius 1 is 0.941 bits per heavy atom. The number of aromatic nitrogens is 1. The molecule has 2 aliphatic carbocycles. The van der Waals surface area contributed by atoms with Gasteiger partial charge in [-0.1, -0.05) is 41.7 Å². The fraction of sp³-hybridized carbons (Fsp3) is 0.346. The summed E-state index contributed by atoms with van der Waals surface area (Å²) in [5.74, 6) is 0.611. The monoisotopic (exact) mass is 490 g/mol. The summed E-state index contributed by atoms with van der Waals surface area (Å²) in [6, 6.07) is 17.4. The topological polar surface area (TPSA) is 79.5 Å². The second-order valence-electron chi connectivity index (χ2n) is 9.58. The molecule has 0 spiro atoms. The minimum atomic E-state index is -0.280. The number of fused-ring (bicyclic) bond motifs is 9. The molecule has 7 atom stereocenters. The highest BCUT2D eigenvalue weighted by Gasteiger charge is 2.69. The highest BCUT2D eigenvalue weighted by atomic mass is 32.2. The standard InChI is InChI=1S/C26H22N2O4S2/c1-32-14-9-7-12(8-10-14)17-18-15-11-16(21(18)33-23-22(17)34-26(31)27-23)20-19(15)24(29)28(25(20)30)13-5-3-2-4-6-13/h2-10,15-21H,11H2,1H3,(H,27,31)/t15-,16-,17-,18-,19+,20+,21-/m1/s1. The van der Waals surface area contributed by atoms with Gasteiger partial charge in [0, 0.05) is 16.0 Å². The van der Waals surface area contributed by atoms with Gasteiger partial charge in [0.15, 0.2) is 0 Å². The van der Waals surface area contributed by atoms with E-state index in [2.05, 4.69) is 17.1 Å². The van der Waals surface area contributed by atoms with Gasteiger partial charge in [0.05, 0.1) is 29.7 Å². The third-order valence-electron chi connectivity index (χ3n) is 8.21. The number of methoxy groups -OCH3 is 1. The molecule has 172 valence electrons. The van der Waals surface area contributed by atoms with Crippen LogP contribution in [0.2, 0.25) is 0 Å². The first-order valence-electron chi connectivity index (χ1n) is 11.5. The molecule has 0 radical (unpaired) electrons. The van der Waals surface area contributed by atoms with E-state index in [1.54, 1.807) is 18.9 Å². The summed E-state index contributed by atoms with van der Waals surface area (Å²) in [6.07, 6.45) is 0.892. The van der Waals surface area contributed by atoms with Crippen LogP contribution in [0.4, 0.5) is 5.69 Å². The van der Waals surface area contributed by atoms with Crippen molar-refractivity contribution in [1.29, 1.82) is 0 Å². The summed E-state index contributed by atoms with van der Waals surface area (Å²) in [6.45, 7) is 0. The van der Waals surface area contributed by atoms with Crippen molar-refractivity contribution in [2.45, 2.75) is 22.6 Å². The summed E-state index contributed by atoms with van der Waals surface area (Å²) in [5.41, 5.74) is 1.80. The van der Waals surface area contributed by atoms with Crippen molar-refractivity contribution in [1.82, 2.24) is 4.98 Å². The predicted molar refractivity (Wildman–Crippen MR) is 130 cm³/mol. The zero-order chi connectivity index (χ0) is 23.1. The third kappa shape index (κ3) is 2.66. The number of benzene rings is 2. The van der Waals surface area contributed by atoms with E-state index in [1.165, 1.54) is 16.2 Å². The minimum absolute atomic E-state index is 0.0285. The number of rotatable bonds is 3. The molecule has 7 rings (SSSR count). The summed E-state index contributed by atoms with van der Waals surface area (Å²) < 4.78 is 5.36. The molecule has 2 aromatic carbocycles. The first-order valence-corrected chi connectivity index (χ1v) is 13.2. The van der Waals surface area contributed by atoms with Crippen molar-refractivity contribution in [3.63, 3.8) is 0 Å². The van der Waals surface area contributed by atoms with Gasteiger partial charge in [-0.3, -0.25) is 19.3 Å². The zero-order valence-corrected chi connectivity index (χ0v) is 20.0. The van der Waals surface area contributed by atoms with Crippen molar-refractivity contribution in [2.75, 3.05) is 12.0 Å². The molecular weight excluding hydrogens is 468 g/mol. The van der Waals surface area contributed by atoms with Crippen LogP contribution in [-0.4, -0.2) is 29.2 Å². The van der Waals surface area contributed by atoms with Crippen molar-refractivity contribution >= 4 is 40.6 Å². The quantitative estimate of drug-likeness (QED) is 0.559. The minimum Gasteiger partial charge on any atom is -0.497 e. The zero-order valence-electron chi connectivity index (χ0n) is 18.3. The molecular formula is C26H22N2O4S2. The molecule has 2 bridgehead atoms. The number of thioether (sulfide) groups is 1. The van der Waals surface area contributed by atoms with Gasteiger partial charge in [-0.25, -0.2) is 0 Å². The fourth-order valence-corrected chi connectivity index (χ4v) is 9.92. The number of nitrogens with zero attached hydrogens (tertiary/aromatic N) is 1. The van der Waals surface area contributed by atoms with Crippen molar-refractivity contribution in [2.24, 2.45) is 29.6 Å². The number of H-pyrrole nitrogens is 1. The fourth-order valence-electron chi connectivity index (χ4n) is 7.03. The maximum Gasteiger partial charge on any atom is 0.305 e. The van der Waals surface area contributed by atoms with Gasteiger partial charge in [-0.15, -0.1) is 11.8 Å². The molecule has 1 aromatic heterocycles. The molecule has 3 fully saturated rings. The largest absolute Gasteiger partial charge is 0.497 e. The molecule has 6 nitrogen and oxygen atoms in total. The molecule has 8 heteroatoms. The highest BCUT2D eigenvalue weighted by molar-refractivity contribution is 8.00. The van der Waals surface area contributed by atoms with Crippen LogP contribution in [-0.2, 0) is 9.59 Å². The number of carbonyl (C=O) groups excluding carboxylic acids is 2. The Morgan fingerprint density at radius 3 is 2.35 bits per heavy atom. The average molecular weight is 491 g/mol. The molecule has 34 heavy (non-hydrogen) atoms. The lowest BCUT2D eigenvalue weighted by molar-refractivity contribution is -0.123. The van der Waals surface area contributed by atoms with Crippen LogP contribution in [0, 0.1) is 29.6 Å². The van der Waals surface area contributed by atoms with Gasteiger partial charge in [-0.05, 0) is 54.0 Å². The Morgan fingerprint density at radius 2 is 1.65 bits per heavy atom.